The lowest BCUT2D eigenvalue weighted by Gasteiger charge is -2.38. The molecule has 17 nitrogen and oxygen atoms in total. The number of benzene rings is 2. The second-order valence-electron chi connectivity index (χ2n) is 15.3. The Balaban J connectivity index is 0.856. The number of hydrogen-bond donors (Lipinski definition) is 4. The molecule has 5 aromatic rings. The predicted octanol–water partition coefficient (Wildman–Crippen LogP) is 3.97. The van der Waals surface area contributed by atoms with Gasteiger partial charge in [0.1, 0.15) is 23.5 Å². The number of H-pyrrole nitrogens is 1. The van der Waals surface area contributed by atoms with Crippen molar-refractivity contribution in [2.45, 2.75) is 64.1 Å². The number of likely N-dealkylation sites (tertiary alicyclic amines) is 1. The van der Waals surface area contributed by atoms with E-state index in [4.69, 9.17) is 10.1 Å². The van der Waals surface area contributed by atoms with Crippen LogP contribution in [0.5, 0.6) is 0 Å². The average Bonchev–Trinajstić information content (AvgIpc) is 3.92. The zero-order valence-electron chi connectivity index (χ0n) is 32.0. The zero-order chi connectivity index (χ0) is 40.9. The number of anilines is 4. The Hall–Kier alpha value is -6.79. The molecule has 19 heteroatoms. The quantitative estimate of drug-likeness (QED) is 0.156. The summed E-state index contributed by atoms with van der Waals surface area (Å²) in [4.78, 5) is 79.5. The Labute approximate surface area is 335 Å². The van der Waals surface area contributed by atoms with E-state index in [0.29, 0.717) is 80.2 Å². The third-order valence-corrected chi connectivity index (χ3v) is 11.6. The van der Waals surface area contributed by atoms with Gasteiger partial charge in [0, 0.05) is 68.5 Å². The number of nitrogens with one attached hydrogen (secondary N) is 4. The van der Waals surface area contributed by atoms with Gasteiger partial charge < -0.3 is 20.4 Å². The van der Waals surface area contributed by atoms with Gasteiger partial charge in [0.15, 0.2) is 11.5 Å². The fourth-order valence-corrected chi connectivity index (χ4v) is 8.53. The lowest BCUT2D eigenvalue weighted by molar-refractivity contribution is -0.138. The van der Waals surface area contributed by atoms with Crippen molar-refractivity contribution in [2.75, 3.05) is 41.7 Å². The van der Waals surface area contributed by atoms with Crippen molar-refractivity contribution in [2.24, 2.45) is 5.92 Å². The van der Waals surface area contributed by atoms with E-state index in [-0.39, 0.29) is 59.9 Å². The van der Waals surface area contributed by atoms with Crippen molar-refractivity contribution in [1.29, 1.82) is 0 Å². The number of hydrogen-bond acceptors (Lipinski definition) is 12. The Kier molecular flexibility index (Phi) is 9.72. The highest BCUT2D eigenvalue weighted by molar-refractivity contribution is 6.25. The van der Waals surface area contributed by atoms with Gasteiger partial charge in [0.25, 0.3) is 11.8 Å². The van der Waals surface area contributed by atoms with Gasteiger partial charge in [-0.15, -0.1) is 0 Å². The van der Waals surface area contributed by atoms with Crippen LogP contribution in [0.2, 0.25) is 0 Å². The van der Waals surface area contributed by atoms with Crippen molar-refractivity contribution in [3.05, 3.63) is 82.7 Å². The molecule has 7 heterocycles. The van der Waals surface area contributed by atoms with Crippen molar-refractivity contribution in [3.63, 3.8) is 0 Å². The summed E-state index contributed by atoms with van der Waals surface area (Å²) in [6, 6.07) is 9.17. The van der Waals surface area contributed by atoms with Crippen LogP contribution in [-0.4, -0.2) is 102 Å². The molecule has 1 atom stereocenters. The number of aryl methyl sites for hydroxylation is 1. The van der Waals surface area contributed by atoms with E-state index in [2.05, 4.69) is 31.1 Å². The van der Waals surface area contributed by atoms with Gasteiger partial charge in [-0.05, 0) is 57.2 Å². The van der Waals surface area contributed by atoms with E-state index < -0.39 is 41.3 Å². The van der Waals surface area contributed by atoms with E-state index in [1.807, 2.05) is 27.5 Å². The first-order valence-corrected chi connectivity index (χ1v) is 19.6. The number of fused-ring (bicyclic) bond motifs is 2. The maximum Gasteiger partial charge on any atom is 0.264 e. The molecule has 0 aliphatic carbocycles. The number of aromatic amines is 1. The SMILES string of the molecule is Cc1cc(Nc2nc(NCc3ccc(F)cc3F)nc3c2cnn3C2CCN(C(=O)C3CCN(c4cccc5c4C(=O)N(C4CCC(=O)NC4=O)C5=O)CC3)CC2)n[nH]1. The maximum absolute atomic E-state index is 14.5. The number of piperidine rings is 3. The van der Waals surface area contributed by atoms with Crippen LogP contribution in [0.25, 0.3) is 11.0 Å². The Morgan fingerprint density at radius 1 is 0.932 bits per heavy atom. The summed E-state index contributed by atoms with van der Waals surface area (Å²) in [5.41, 5.74) is 2.70. The van der Waals surface area contributed by atoms with Gasteiger partial charge in [0.2, 0.25) is 23.7 Å². The smallest absolute Gasteiger partial charge is 0.264 e. The second kappa shape index (κ2) is 15.2. The van der Waals surface area contributed by atoms with Gasteiger partial charge in [-0.3, -0.25) is 39.3 Å². The van der Waals surface area contributed by atoms with Gasteiger partial charge in [-0.1, -0.05) is 12.1 Å². The van der Waals surface area contributed by atoms with Crippen LogP contribution in [0.3, 0.4) is 0 Å². The second-order valence-corrected chi connectivity index (χ2v) is 15.3. The average molecular weight is 807 g/mol. The number of halogens is 2. The molecular formula is C40H40F2N12O5. The third kappa shape index (κ3) is 7.09. The largest absolute Gasteiger partial charge is 0.371 e. The van der Waals surface area contributed by atoms with Crippen LogP contribution in [-0.2, 0) is 20.9 Å². The summed E-state index contributed by atoms with van der Waals surface area (Å²) in [5.74, 6) is -2.50. The standard InChI is InChI=1S/C40H40F2N12O5/c1-21-17-31(50-49-21)45-34-27-20-44-54(35(27)48-40(47-34)43-19-23-5-6-24(41)18-28(23)42)25-11-15-52(16-12-25)37(57)22-9-13-51(14-10-22)29-4-2-3-26-33(29)39(59)53(38(26)58)30-7-8-32(55)46-36(30)56/h2-6,17-18,20,22,25,30H,7-16,19H2,1H3,(H,46,55,56)(H3,43,45,47,48,49,50). The minimum Gasteiger partial charge on any atom is -0.371 e. The lowest BCUT2D eigenvalue weighted by Crippen LogP contribution is -2.54. The summed E-state index contributed by atoms with van der Waals surface area (Å²) in [5, 5.41) is 21.0. The summed E-state index contributed by atoms with van der Waals surface area (Å²) in [7, 11) is 0. The number of aromatic nitrogens is 6. The van der Waals surface area contributed by atoms with Crippen molar-refractivity contribution < 1.29 is 32.8 Å². The molecule has 0 radical (unpaired) electrons. The molecule has 4 aliphatic heterocycles. The minimum absolute atomic E-state index is 0.0145. The van der Waals surface area contributed by atoms with Crippen LogP contribution in [0.1, 0.15) is 76.5 Å². The first kappa shape index (κ1) is 37.8. The van der Waals surface area contributed by atoms with Gasteiger partial charge in [0.05, 0.1) is 34.4 Å². The number of amides is 5. The molecule has 1 unspecified atom stereocenters. The molecule has 304 valence electrons. The predicted molar refractivity (Wildman–Crippen MR) is 209 cm³/mol. The highest BCUT2D eigenvalue weighted by Gasteiger charge is 2.46. The minimum atomic E-state index is -1.05. The van der Waals surface area contributed by atoms with E-state index in [0.717, 1.165) is 16.7 Å². The highest BCUT2D eigenvalue weighted by Crippen LogP contribution is 2.37. The van der Waals surface area contributed by atoms with Gasteiger partial charge >= 0.3 is 0 Å². The van der Waals surface area contributed by atoms with Crippen LogP contribution >= 0.6 is 0 Å². The molecule has 5 amide bonds. The lowest BCUT2D eigenvalue weighted by atomic mass is 9.93. The number of carbonyl (C=O) groups excluding carboxylic acids is 5. The first-order chi connectivity index (χ1) is 28.5. The molecule has 59 heavy (non-hydrogen) atoms. The van der Waals surface area contributed by atoms with Gasteiger partial charge in [-0.2, -0.15) is 20.2 Å². The van der Waals surface area contributed by atoms with Crippen molar-refractivity contribution in [3.8, 4) is 0 Å². The van der Waals surface area contributed by atoms with E-state index in [1.54, 1.807) is 24.4 Å². The van der Waals surface area contributed by atoms with Crippen LogP contribution in [0.15, 0.2) is 48.7 Å². The van der Waals surface area contributed by atoms with Crippen LogP contribution in [0, 0.1) is 24.5 Å². The van der Waals surface area contributed by atoms with Crippen LogP contribution < -0.4 is 20.9 Å². The van der Waals surface area contributed by atoms with E-state index in [9.17, 15) is 32.8 Å². The monoisotopic (exact) mass is 806 g/mol. The molecule has 3 fully saturated rings. The molecule has 4 aliphatic rings. The highest BCUT2D eigenvalue weighted by atomic mass is 19.1. The van der Waals surface area contributed by atoms with Crippen molar-refractivity contribution in [1.82, 2.24) is 45.1 Å². The number of rotatable bonds is 9. The zero-order valence-corrected chi connectivity index (χ0v) is 32.0. The summed E-state index contributed by atoms with van der Waals surface area (Å²) in [6.45, 7) is 3.92. The molecule has 3 aromatic heterocycles. The summed E-state index contributed by atoms with van der Waals surface area (Å²) in [6.07, 6.45) is 4.19. The molecule has 4 N–H and O–H groups in total. The molecule has 0 saturated carbocycles. The van der Waals surface area contributed by atoms with Crippen LogP contribution in [0.4, 0.5) is 32.1 Å². The number of imide groups is 2. The normalized spacial score (nSPS) is 19.1. The molecule has 2 aromatic carbocycles. The van der Waals surface area contributed by atoms with Gasteiger partial charge in [-0.25, -0.2) is 13.5 Å². The number of nitrogens with zero attached hydrogens (tertiary/aromatic N) is 8. The first-order valence-electron chi connectivity index (χ1n) is 19.6. The molecule has 9 rings (SSSR count). The van der Waals surface area contributed by atoms with E-state index >= 15 is 0 Å². The Bertz CT molecular complexity index is 2520. The third-order valence-electron chi connectivity index (χ3n) is 11.6. The molecular weight excluding hydrogens is 767 g/mol. The van der Waals surface area contributed by atoms with E-state index in [1.165, 1.54) is 12.1 Å². The molecule has 3 saturated heterocycles. The fourth-order valence-electron chi connectivity index (χ4n) is 8.53. The topological polar surface area (TPSA) is 203 Å². The number of carbonyl (C=O) groups is 5. The van der Waals surface area contributed by atoms with Crippen molar-refractivity contribution >= 4 is 63.8 Å². The molecule has 0 spiro atoms. The Morgan fingerprint density at radius 3 is 2.46 bits per heavy atom. The summed E-state index contributed by atoms with van der Waals surface area (Å²) >= 11 is 0. The summed E-state index contributed by atoms with van der Waals surface area (Å²) < 4.78 is 29.8. The molecule has 0 bridgehead atoms. The Morgan fingerprint density at radius 2 is 1.73 bits per heavy atom. The maximum atomic E-state index is 14.5. The fraction of sp³-hybridized carbons (Fsp3) is 0.375.